The minimum Gasteiger partial charge on any atom is -0.292 e. The number of nitrogens with zero attached hydrogens (tertiary/aromatic N) is 1. The SMILES string of the molecule is CC(=O)C1=NC=C[SH]1C1CCCCC1. The van der Waals surface area contributed by atoms with Crippen LogP contribution in [0.5, 0.6) is 0 Å². The third kappa shape index (κ3) is 1.92. The maximum Gasteiger partial charge on any atom is 0.183 e. The van der Waals surface area contributed by atoms with Crippen molar-refractivity contribution >= 4 is 21.7 Å². The maximum absolute atomic E-state index is 11.3. The Hall–Kier alpha value is -0.570. The average Bonchev–Trinajstić information content (AvgIpc) is 2.67. The molecule has 78 valence electrons. The highest BCUT2D eigenvalue weighted by atomic mass is 32.2. The van der Waals surface area contributed by atoms with Gasteiger partial charge in [0, 0.05) is 13.1 Å². The zero-order chi connectivity index (χ0) is 9.97. The van der Waals surface area contributed by atoms with Crippen molar-refractivity contribution < 1.29 is 4.79 Å². The van der Waals surface area contributed by atoms with Crippen molar-refractivity contribution in [2.45, 2.75) is 44.3 Å². The summed E-state index contributed by atoms with van der Waals surface area (Å²) in [5.74, 6) is 0.173. The lowest BCUT2D eigenvalue weighted by atomic mass is 10.0. The van der Waals surface area contributed by atoms with Gasteiger partial charge in [0.1, 0.15) is 5.04 Å². The van der Waals surface area contributed by atoms with Gasteiger partial charge < -0.3 is 0 Å². The van der Waals surface area contributed by atoms with Crippen LogP contribution in [0, 0.1) is 0 Å². The molecule has 0 radical (unpaired) electrons. The standard InChI is InChI=1S/C11H17NOS/c1-9(13)11-12-7-8-14(11)10-5-3-2-4-6-10/h7-8,10,14H,2-6H2,1H3. The van der Waals surface area contributed by atoms with Crippen molar-refractivity contribution in [2.75, 3.05) is 0 Å². The van der Waals surface area contributed by atoms with Crippen LogP contribution in [0.3, 0.4) is 0 Å². The van der Waals surface area contributed by atoms with E-state index < -0.39 is 0 Å². The second-order valence-corrected chi connectivity index (χ2v) is 6.27. The number of ketones is 1. The lowest BCUT2D eigenvalue weighted by molar-refractivity contribution is -0.110. The maximum atomic E-state index is 11.3. The van der Waals surface area contributed by atoms with Crippen molar-refractivity contribution in [3.8, 4) is 0 Å². The van der Waals surface area contributed by atoms with Crippen LogP contribution >= 0.6 is 10.9 Å². The summed E-state index contributed by atoms with van der Waals surface area (Å²) in [5.41, 5.74) is 0. The molecule has 0 aromatic rings. The van der Waals surface area contributed by atoms with Gasteiger partial charge in [0.2, 0.25) is 0 Å². The van der Waals surface area contributed by atoms with Crippen molar-refractivity contribution in [3.63, 3.8) is 0 Å². The molecule has 2 aliphatic rings. The number of carbonyl (C=O) groups is 1. The Morgan fingerprint density at radius 1 is 1.43 bits per heavy atom. The molecule has 0 aromatic carbocycles. The number of carbonyl (C=O) groups excluding carboxylic acids is 1. The number of hydrogen-bond donors (Lipinski definition) is 1. The van der Waals surface area contributed by atoms with E-state index in [0.717, 1.165) is 10.3 Å². The Balaban J connectivity index is 2.06. The molecule has 1 unspecified atom stereocenters. The van der Waals surface area contributed by atoms with E-state index in [2.05, 4.69) is 10.4 Å². The Kier molecular flexibility index (Phi) is 3.06. The van der Waals surface area contributed by atoms with Crippen LogP contribution < -0.4 is 0 Å². The highest BCUT2D eigenvalue weighted by Crippen LogP contribution is 2.45. The van der Waals surface area contributed by atoms with Crippen molar-refractivity contribution in [1.29, 1.82) is 0 Å². The topological polar surface area (TPSA) is 29.4 Å². The van der Waals surface area contributed by atoms with Gasteiger partial charge in [0.15, 0.2) is 5.78 Å². The molecule has 1 saturated carbocycles. The van der Waals surface area contributed by atoms with Gasteiger partial charge in [-0.05, 0) is 23.5 Å². The summed E-state index contributed by atoms with van der Waals surface area (Å²) in [6.07, 6.45) is 8.46. The molecule has 0 bridgehead atoms. The first-order chi connectivity index (χ1) is 6.79. The molecule has 2 nitrogen and oxygen atoms in total. The highest BCUT2D eigenvalue weighted by molar-refractivity contribution is 8.34. The van der Waals surface area contributed by atoms with Crippen LogP contribution in [0.15, 0.2) is 16.6 Å². The van der Waals surface area contributed by atoms with E-state index in [1.54, 1.807) is 6.92 Å². The number of aliphatic imine (C=N–C) groups is 1. The van der Waals surface area contributed by atoms with Crippen LogP contribution in [0.4, 0.5) is 0 Å². The Morgan fingerprint density at radius 2 is 2.14 bits per heavy atom. The first kappa shape index (κ1) is 9.97. The van der Waals surface area contributed by atoms with Crippen LogP contribution in [-0.2, 0) is 4.79 Å². The van der Waals surface area contributed by atoms with E-state index in [0.29, 0.717) is 0 Å². The van der Waals surface area contributed by atoms with Gasteiger partial charge in [-0.15, -0.1) is 0 Å². The third-order valence-electron chi connectivity index (χ3n) is 2.95. The molecule has 1 heterocycles. The fourth-order valence-electron chi connectivity index (χ4n) is 2.24. The molecule has 1 aliphatic carbocycles. The van der Waals surface area contributed by atoms with Crippen molar-refractivity contribution in [2.24, 2.45) is 4.99 Å². The summed E-state index contributed by atoms with van der Waals surface area (Å²) in [4.78, 5) is 15.6. The summed E-state index contributed by atoms with van der Waals surface area (Å²) < 4.78 is 0. The van der Waals surface area contributed by atoms with Gasteiger partial charge in [-0.3, -0.25) is 4.79 Å². The fraction of sp³-hybridized carbons (Fsp3) is 0.636. The smallest absolute Gasteiger partial charge is 0.183 e. The van der Waals surface area contributed by atoms with E-state index in [1.165, 1.54) is 32.1 Å². The van der Waals surface area contributed by atoms with E-state index in [1.807, 2.05) is 6.20 Å². The number of rotatable bonds is 2. The quantitative estimate of drug-likeness (QED) is 0.699. The molecule has 14 heavy (non-hydrogen) atoms. The van der Waals surface area contributed by atoms with Crippen molar-refractivity contribution in [1.82, 2.24) is 0 Å². The molecule has 1 fully saturated rings. The molecule has 0 spiro atoms. The van der Waals surface area contributed by atoms with Gasteiger partial charge in [-0.2, -0.15) is 10.9 Å². The Labute approximate surface area is 87.8 Å². The summed E-state index contributed by atoms with van der Waals surface area (Å²) in [6, 6.07) is 0. The molecule has 1 aliphatic heterocycles. The van der Waals surface area contributed by atoms with E-state index in [-0.39, 0.29) is 16.7 Å². The molecule has 0 amide bonds. The first-order valence-corrected chi connectivity index (χ1v) is 6.81. The largest absolute Gasteiger partial charge is 0.292 e. The first-order valence-electron chi connectivity index (χ1n) is 5.33. The lowest BCUT2D eigenvalue weighted by Crippen LogP contribution is -2.19. The second kappa shape index (κ2) is 4.30. The van der Waals surface area contributed by atoms with Crippen LogP contribution in [0.1, 0.15) is 39.0 Å². The van der Waals surface area contributed by atoms with Crippen molar-refractivity contribution in [3.05, 3.63) is 11.6 Å². The van der Waals surface area contributed by atoms with E-state index >= 15 is 0 Å². The average molecular weight is 211 g/mol. The predicted molar refractivity (Wildman–Crippen MR) is 63.1 cm³/mol. The second-order valence-electron chi connectivity index (χ2n) is 4.01. The Bertz CT molecular complexity index is 290. The molecule has 0 aromatic heterocycles. The molecule has 2 rings (SSSR count). The molecule has 3 heteroatoms. The minimum atomic E-state index is -0.346. The molecule has 0 N–H and O–H groups in total. The van der Waals surface area contributed by atoms with Gasteiger partial charge in [0.05, 0.1) is 0 Å². The molecule has 1 atom stereocenters. The highest BCUT2D eigenvalue weighted by Gasteiger charge is 2.26. The fourth-order valence-corrected chi connectivity index (χ4v) is 4.67. The number of thiol groups is 1. The predicted octanol–water partition coefficient (Wildman–Crippen LogP) is 2.79. The third-order valence-corrected chi connectivity index (χ3v) is 5.63. The van der Waals surface area contributed by atoms with Crippen LogP contribution in [0.25, 0.3) is 0 Å². The summed E-state index contributed by atoms with van der Waals surface area (Å²) in [5, 5.41) is 3.76. The van der Waals surface area contributed by atoms with E-state index in [9.17, 15) is 4.79 Å². The monoisotopic (exact) mass is 211 g/mol. The molecule has 0 saturated heterocycles. The van der Waals surface area contributed by atoms with Crippen LogP contribution in [0.2, 0.25) is 0 Å². The zero-order valence-corrected chi connectivity index (χ0v) is 9.46. The molecular formula is C11H17NOS. The summed E-state index contributed by atoms with van der Waals surface area (Å²) >= 11 is 0. The minimum absolute atomic E-state index is 0.173. The van der Waals surface area contributed by atoms with Crippen LogP contribution in [-0.4, -0.2) is 16.1 Å². The van der Waals surface area contributed by atoms with Gasteiger partial charge >= 0.3 is 0 Å². The zero-order valence-electron chi connectivity index (χ0n) is 8.57. The molecular weight excluding hydrogens is 194 g/mol. The normalized spacial score (nSPS) is 30.4. The summed E-state index contributed by atoms with van der Waals surface area (Å²) in [7, 11) is -0.346. The van der Waals surface area contributed by atoms with E-state index in [4.69, 9.17) is 0 Å². The van der Waals surface area contributed by atoms with Gasteiger partial charge in [0.25, 0.3) is 0 Å². The number of hydrogen-bond acceptors (Lipinski definition) is 2. The number of Topliss-reactive ketones (excluding diaryl/α,β-unsaturated/α-hetero) is 1. The van der Waals surface area contributed by atoms with Gasteiger partial charge in [-0.1, -0.05) is 19.3 Å². The van der Waals surface area contributed by atoms with Gasteiger partial charge in [-0.25, -0.2) is 4.99 Å². The lowest BCUT2D eigenvalue weighted by Gasteiger charge is -2.29. The Morgan fingerprint density at radius 3 is 2.79 bits per heavy atom. The summed E-state index contributed by atoms with van der Waals surface area (Å²) in [6.45, 7) is 1.64.